The third-order valence-electron chi connectivity index (χ3n) is 5.53. The van der Waals surface area contributed by atoms with Gasteiger partial charge in [0.1, 0.15) is 6.04 Å². The van der Waals surface area contributed by atoms with Crippen LogP contribution in [0.25, 0.3) is 0 Å². The lowest BCUT2D eigenvalue weighted by atomic mass is 10.1. The summed E-state index contributed by atoms with van der Waals surface area (Å²) in [6.45, 7) is 7.06. The fraction of sp³-hybridized carbons (Fsp3) is 0.381. The van der Waals surface area contributed by atoms with Crippen molar-refractivity contribution in [1.29, 1.82) is 0 Å². The van der Waals surface area contributed by atoms with E-state index in [-0.39, 0.29) is 0 Å². The van der Waals surface area contributed by atoms with E-state index in [0.717, 1.165) is 43.4 Å². The summed E-state index contributed by atoms with van der Waals surface area (Å²) >= 11 is 6.16. The average molecular weight is 398 g/mol. The maximum atomic E-state index is 6.16. The standard InChI is InChI=1S/C21H25ClN6/c1-2-20(21-23-24-25-28(21)16-17-7-4-3-5-8-17)27-13-11-26(12-14-27)19-10-6-9-18(22)15-19/h3-10,15,20H,2,11-14,16H2,1H3/p+1/t20-/m0/s1. The van der Waals surface area contributed by atoms with Crippen molar-refractivity contribution >= 4 is 17.3 Å². The molecule has 0 bridgehead atoms. The van der Waals surface area contributed by atoms with Crippen molar-refractivity contribution in [3.05, 3.63) is 71.0 Å². The van der Waals surface area contributed by atoms with Gasteiger partial charge in [0.25, 0.3) is 0 Å². The van der Waals surface area contributed by atoms with Crippen LogP contribution in [0.3, 0.4) is 0 Å². The molecule has 3 aromatic rings. The number of quaternary nitrogens is 1. The molecule has 0 unspecified atom stereocenters. The van der Waals surface area contributed by atoms with Crippen LogP contribution in [0.1, 0.15) is 30.8 Å². The Morgan fingerprint density at radius 3 is 2.57 bits per heavy atom. The summed E-state index contributed by atoms with van der Waals surface area (Å²) in [5.41, 5.74) is 2.42. The molecular weight excluding hydrogens is 372 g/mol. The summed E-state index contributed by atoms with van der Waals surface area (Å²) in [4.78, 5) is 3.96. The molecule has 1 aliphatic rings. The van der Waals surface area contributed by atoms with Gasteiger partial charge in [0.15, 0.2) is 0 Å². The van der Waals surface area contributed by atoms with E-state index in [2.05, 4.69) is 57.7 Å². The highest BCUT2D eigenvalue weighted by molar-refractivity contribution is 6.30. The average Bonchev–Trinajstić information content (AvgIpc) is 3.18. The van der Waals surface area contributed by atoms with Gasteiger partial charge >= 0.3 is 0 Å². The zero-order valence-electron chi connectivity index (χ0n) is 16.1. The van der Waals surface area contributed by atoms with Crippen LogP contribution in [0.2, 0.25) is 5.02 Å². The molecule has 0 saturated carbocycles. The van der Waals surface area contributed by atoms with Crippen LogP contribution in [0.5, 0.6) is 0 Å². The first kappa shape index (κ1) is 18.9. The Labute approximate surface area is 170 Å². The number of benzene rings is 2. The molecule has 7 heteroatoms. The van der Waals surface area contributed by atoms with E-state index in [1.807, 2.05) is 28.9 Å². The minimum absolute atomic E-state index is 0.306. The van der Waals surface area contributed by atoms with Crippen LogP contribution in [0, 0.1) is 0 Å². The molecule has 1 saturated heterocycles. The molecule has 1 N–H and O–H groups in total. The fourth-order valence-corrected chi connectivity index (χ4v) is 4.24. The van der Waals surface area contributed by atoms with Gasteiger partial charge in [0.2, 0.25) is 5.82 Å². The van der Waals surface area contributed by atoms with Crippen molar-refractivity contribution < 1.29 is 4.90 Å². The second-order valence-corrected chi connectivity index (χ2v) is 7.70. The topological polar surface area (TPSA) is 51.3 Å². The Bertz CT molecular complexity index is 889. The maximum absolute atomic E-state index is 6.16. The highest BCUT2D eigenvalue weighted by Gasteiger charge is 2.31. The monoisotopic (exact) mass is 397 g/mol. The summed E-state index contributed by atoms with van der Waals surface area (Å²) in [5, 5.41) is 13.4. The number of halogens is 1. The summed E-state index contributed by atoms with van der Waals surface area (Å²) in [6, 6.07) is 18.8. The number of anilines is 1. The molecule has 0 aliphatic carbocycles. The van der Waals surface area contributed by atoms with Gasteiger partial charge in [-0.1, -0.05) is 54.9 Å². The van der Waals surface area contributed by atoms with Gasteiger partial charge in [-0.3, -0.25) is 0 Å². The highest BCUT2D eigenvalue weighted by atomic mass is 35.5. The molecule has 1 aliphatic heterocycles. The Hall–Kier alpha value is -2.44. The molecule has 1 atom stereocenters. The molecule has 0 amide bonds. The van der Waals surface area contributed by atoms with Crippen LogP contribution in [-0.4, -0.2) is 46.4 Å². The third-order valence-corrected chi connectivity index (χ3v) is 5.76. The fourth-order valence-electron chi connectivity index (χ4n) is 4.06. The zero-order valence-corrected chi connectivity index (χ0v) is 16.9. The number of piperazine rings is 1. The largest absolute Gasteiger partial charge is 0.360 e. The molecular formula is C21H26ClN6+. The van der Waals surface area contributed by atoms with Gasteiger partial charge in [0.05, 0.1) is 32.7 Å². The van der Waals surface area contributed by atoms with Crippen LogP contribution >= 0.6 is 11.6 Å². The van der Waals surface area contributed by atoms with E-state index in [0.29, 0.717) is 12.6 Å². The normalized spacial score (nSPS) is 16.3. The second kappa shape index (κ2) is 8.71. The van der Waals surface area contributed by atoms with Crippen LogP contribution in [-0.2, 0) is 6.54 Å². The van der Waals surface area contributed by atoms with Gasteiger partial charge in [-0.05, 0) is 34.2 Å². The number of hydrogen-bond acceptors (Lipinski definition) is 4. The highest BCUT2D eigenvalue weighted by Crippen LogP contribution is 2.20. The number of nitrogens with one attached hydrogen (secondary N) is 1. The van der Waals surface area contributed by atoms with Gasteiger partial charge in [-0.25, -0.2) is 4.68 Å². The van der Waals surface area contributed by atoms with Crippen LogP contribution in [0.4, 0.5) is 5.69 Å². The molecule has 2 heterocycles. The molecule has 6 nitrogen and oxygen atoms in total. The van der Waals surface area contributed by atoms with Crippen molar-refractivity contribution in [2.45, 2.75) is 25.9 Å². The summed E-state index contributed by atoms with van der Waals surface area (Å²) < 4.78 is 1.96. The molecule has 28 heavy (non-hydrogen) atoms. The van der Waals surface area contributed by atoms with Crippen molar-refractivity contribution in [1.82, 2.24) is 20.2 Å². The Morgan fingerprint density at radius 1 is 1.07 bits per heavy atom. The van der Waals surface area contributed by atoms with Gasteiger partial charge < -0.3 is 9.80 Å². The van der Waals surface area contributed by atoms with Gasteiger partial charge in [0, 0.05) is 17.1 Å². The van der Waals surface area contributed by atoms with E-state index in [1.54, 1.807) is 4.90 Å². The first-order valence-electron chi connectivity index (χ1n) is 9.89. The zero-order chi connectivity index (χ0) is 19.3. The lowest BCUT2D eigenvalue weighted by molar-refractivity contribution is -0.933. The van der Waals surface area contributed by atoms with Gasteiger partial charge in [-0.15, -0.1) is 5.10 Å². The molecule has 0 spiro atoms. The van der Waals surface area contributed by atoms with Crippen LogP contribution in [0.15, 0.2) is 54.6 Å². The lowest BCUT2D eigenvalue weighted by Crippen LogP contribution is -3.15. The summed E-state index contributed by atoms with van der Waals surface area (Å²) in [6.07, 6.45) is 1.02. The van der Waals surface area contributed by atoms with Gasteiger partial charge in [-0.2, -0.15) is 0 Å². The van der Waals surface area contributed by atoms with Crippen molar-refractivity contribution in [2.24, 2.45) is 0 Å². The second-order valence-electron chi connectivity index (χ2n) is 7.27. The maximum Gasteiger partial charge on any atom is 0.209 e. The Balaban J connectivity index is 1.45. The van der Waals surface area contributed by atoms with E-state index in [4.69, 9.17) is 11.6 Å². The first-order valence-corrected chi connectivity index (χ1v) is 10.3. The predicted molar refractivity (Wildman–Crippen MR) is 111 cm³/mol. The number of rotatable bonds is 6. The molecule has 2 aromatic carbocycles. The number of aromatic nitrogens is 4. The van der Waals surface area contributed by atoms with Crippen molar-refractivity contribution in [2.75, 3.05) is 31.1 Å². The van der Waals surface area contributed by atoms with E-state index in [9.17, 15) is 0 Å². The van der Waals surface area contributed by atoms with Crippen molar-refractivity contribution in [3.8, 4) is 0 Å². The predicted octanol–water partition coefficient (Wildman–Crippen LogP) is 2.23. The summed E-state index contributed by atoms with van der Waals surface area (Å²) in [7, 11) is 0. The Kier molecular flexibility index (Phi) is 5.88. The smallest absolute Gasteiger partial charge is 0.209 e. The molecule has 146 valence electrons. The molecule has 4 rings (SSSR count). The van der Waals surface area contributed by atoms with E-state index in [1.165, 1.54) is 11.3 Å². The minimum Gasteiger partial charge on any atom is -0.360 e. The van der Waals surface area contributed by atoms with E-state index < -0.39 is 0 Å². The minimum atomic E-state index is 0.306. The number of nitrogens with zero attached hydrogens (tertiary/aromatic N) is 5. The lowest BCUT2D eigenvalue weighted by Gasteiger charge is -2.37. The first-order chi connectivity index (χ1) is 13.7. The number of hydrogen-bond donors (Lipinski definition) is 1. The Morgan fingerprint density at radius 2 is 1.86 bits per heavy atom. The quantitative estimate of drug-likeness (QED) is 0.693. The SMILES string of the molecule is CC[C@@H](c1nnnn1Cc1ccccc1)[NH+]1CCN(c2cccc(Cl)c2)CC1. The molecule has 0 radical (unpaired) electrons. The summed E-state index contributed by atoms with van der Waals surface area (Å²) in [5.74, 6) is 0.984. The number of tetrazole rings is 1. The van der Waals surface area contributed by atoms with Crippen LogP contribution < -0.4 is 9.80 Å². The van der Waals surface area contributed by atoms with Crippen molar-refractivity contribution in [3.63, 3.8) is 0 Å². The third kappa shape index (κ3) is 4.18. The van der Waals surface area contributed by atoms with E-state index >= 15 is 0 Å². The molecule has 1 fully saturated rings. The molecule has 1 aromatic heterocycles.